The Morgan fingerprint density at radius 2 is 1.63 bits per heavy atom. The number of anilines is 1. The lowest BCUT2D eigenvalue weighted by Gasteiger charge is -2.55. The molecule has 27 heavy (non-hydrogen) atoms. The molecule has 1 amide bonds. The molecule has 1 aromatic rings. The second kappa shape index (κ2) is 7.29. The van der Waals surface area contributed by atoms with Crippen molar-refractivity contribution in [1.29, 1.82) is 0 Å². The van der Waals surface area contributed by atoms with Crippen molar-refractivity contribution in [1.82, 2.24) is 0 Å². The number of carbonyl (C=O) groups is 2. The smallest absolute Gasteiger partial charge is 0.312 e. The van der Waals surface area contributed by atoms with Crippen molar-refractivity contribution in [2.24, 2.45) is 23.2 Å². The van der Waals surface area contributed by atoms with Gasteiger partial charge in [0.15, 0.2) is 6.61 Å². The van der Waals surface area contributed by atoms with Crippen LogP contribution >= 0.6 is 0 Å². The first-order valence-corrected chi connectivity index (χ1v) is 10.5. The van der Waals surface area contributed by atoms with Crippen LogP contribution in [-0.2, 0) is 14.3 Å². The number of esters is 1. The Morgan fingerprint density at radius 1 is 1.07 bits per heavy atom. The molecule has 4 aliphatic carbocycles. The first kappa shape index (κ1) is 18.5. The summed E-state index contributed by atoms with van der Waals surface area (Å²) in [6.45, 7) is 4.17. The number of nitrogens with one attached hydrogen (secondary N) is 1. The number of ether oxygens (including phenoxy) is 1. The van der Waals surface area contributed by atoms with Gasteiger partial charge in [-0.25, -0.2) is 0 Å². The molecule has 0 spiro atoms. The van der Waals surface area contributed by atoms with Gasteiger partial charge in [-0.15, -0.1) is 0 Å². The summed E-state index contributed by atoms with van der Waals surface area (Å²) in [5.74, 6) is 2.20. The maximum atomic E-state index is 12.8. The number of carbonyl (C=O) groups excluding carboxylic acids is 2. The van der Waals surface area contributed by atoms with Crippen molar-refractivity contribution in [3.8, 4) is 0 Å². The van der Waals surface area contributed by atoms with Crippen molar-refractivity contribution in [3.63, 3.8) is 0 Å². The van der Waals surface area contributed by atoms with E-state index in [1.165, 1.54) is 24.8 Å². The molecule has 4 heteroatoms. The highest BCUT2D eigenvalue weighted by Crippen LogP contribution is 2.60. The van der Waals surface area contributed by atoms with Crippen LogP contribution in [0, 0.1) is 23.2 Å². The number of rotatable bonds is 6. The minimum Gasteiger partial charge on any atom is -0.455 e. The van der Waals surface area contributed by atoms with Gasteiger partial charge in [-0.1, -0.05) is 26.0 Å². The zero-order valence-corrected chi connectivity index (χ0v) is 16.5. The molecule has 0 heterocycles. The van der Waals surface area contributed by atoms with E-state index >= 15 is 0 Å². The molecule has 1 N–H and O–H groups in total. The topological polar surface area (TPSA) is 55.4 Å². The molecule has 1 atom stereocenters. The van der Waals surface area contributed by atoms with E-state index in [9.17, 15) is 9.59 Å². The molecule has 4 saturated carbocycles. The van der Waals surface area contributed by atoms with E-state index < -0.39 is 0 Å². The standard InChI is InChI=1S/C23H31NO3/c1-3-15(2)19-4-6-20(7-5-19)24-21(25)14-27-22(26)23-11-16-8-17(12-23)10-18(9-16)13-23/h4-7,15-18H,3,8-14H2,1-2H3,(H,24,25)/t15-,16?,17?,18?,23?/m0/s1. The van der Waals surface area contributed by atoms with Gasteiger partial charge < -0.3 is 10.1 Å². The van der Waals surface area contributed by atoms with Gasteiger partial charge in [-0.2, -0.15) is 0 Å². The molecule has 5 rings (SSSR count). The summed E-state index contributed by atoms with van der Waals surface area (Å²) in [7, 11) is 0. The van der Waals surface area contributed by atoms with Gasteiger partial charge in [0.25, 0.3) is 5.91 Å². The fourth-order valence-corrected chi connectivity index (χ4v) is 5.97. The van der Waals surface area contributed by atoms with E-state index in [1.807, 2.05) is 24.3 Å². The van der Waals surface area contributed by atoms with E-state index in [-0.39, 0.29) is 23.9 Å². The van der Waals surface area contributed by atoms with Crippen LogP contribution < -0.4 is 5.32 Å². The van der Waals surface area contributed by atoms with E-state index in [0.29, 0.717) is 23.7 Å². The summed E-state index contributed by atoms with van der Waals surface area (Å²) in [6, 6.07) is 7.93. The second-order valence-corrected chi connectivity index (χ2v) is 9.25. The van der Waals surface area contributed by atoms with Crippen molar-refractivity contribution < 1.29 is 14.3 Å². The lowest BCUT2D eigenvalue weighted by atomic mass is 9.49. The molecule has 4 nitrogen and oxygen atoms in total. The van der Waals surface area contributed by atoms with Gasteiger partial charge in [0.2, 0.25) is 0 Å². The molecular formula is C23H31NO3. The minimum atomic E-state index is -0.299. The first-order chi connectivity index (χ1) is 13.0. The molecule has 0 radical (unpaired) electrons. The van der Waals surface area contributed by atoms with Crippen LogP contribution in [0.5, 0.6) is 0 Å². The highest BCUT2D eigenvalue weighted by Gasteiger charge is 2.55. The van der Waals surface area contributed by atoms with Crippen LogP contribution in [0.15, 0.2) is 24.3 Å². The molecule has 4 aliphatic rings. The third-order valence-electron chi connectivity index (χ3n) is 7.18. The van der Waals surface area contributed by atoms with Crippen LogP contribution in [0.3, 0.4) is 0 Å². The van der Waals surface area contributed by atoms with Crippen LogP contribution in [0.25, 0.3) is 0 Å². The zero-order chi connectivity index (χ0) is 19.0. The largest absolute Gasteiger partial charge is 0.455 e. The van der Waals surface area contributed by atoms with Crippen molar-refractivity contribution in [2.45, 2.75) is 64.7 Å². The molecule has 1 aromatic carbocycles. The Kier molecular flexibility index (Phi) is 5.00. The van der Waals surface area contributed by atoms with Crippen LogP contribution in [-0.4, -0.2) is 18.5 Å². The third-order valence-corrected chi connectivity index (χ3v) is 7.18. The molecule has 4 fully saturated rings. The predicted octanol–water partition coefficient (Wildman–Crippen LogP) is 4.90. The molecule has 0 aromatic heterocycles. The summed E-state index contributed by atoms with van der Waals surface area (Å²) in [5, 5.41) is 2.84. The van der Waals surface area contributed by atoms with Gasteiger partial charge in [0.1, 0.15) is 0 Å². The molecular weight excluding hydrogens is 338 g/mol. The first-order valence-electron chi connectivity index (χ1n) is 10.5. The summed E-state index contributed by atoms with van der Waals surface area (Å²) in [6.07, 6.45) is 7.87. The Hall–Kier alpha value is -1.84. The van der Waals surface area contributed by atoms with E-state index in [4.69, 9.17) is 4.74 Å². The highest BCUT2D eigenvalue weighted by atomic mass is 16.5. The SMILES string of the molecule is CC[C@H](C)c1ccc(NC(=O)COC(=O)C23CC4CC(CC(C4)C2)C3)cc1. The highest BCUT2D eigenvalue weighted by molar-refractivity contribution is 5.93. The lowest BCUT2D eigenvalue weighted by Crippen LogP contribution is -2.50. The van der Waals surface area contributed by atoms with Gasteiger partial charge in [-0.3, -0.25) is 9.59 Å². The summed E-state index contributed by atoms with van der Waals surface area (Å²) in [4.78, 5) is 25.0. The summed E-state index contributed by atoms with van der Waals surface area (Å²) >= 11 is 0. The Labute approximate surface area is 162 Å². The van der Waals surface area contributed by atoms with E-state index in [0.717, 1.165) is 31.4 Å². The normalized spacial score (nSPS) is 32.1. The average Bonchev–Trinajstić information content (AvgIpc) is 2.65. The minimum absolute atomic E-state index is 0.135. The van der Waals surface area contributed by atoms with E-state index in [1.54, 1.807) is 0 Å². The molecule has 0 saturated heterocycles. The zero-order valence-electron chi connectivity index (χ0n) is 16.5. The predicted molar refractivity (Wildman–Crippen MR) is 105 cm³/mol. The van der Waals surface area contributed by atoms with Gasteiger partial charge in [0.05, 0.1) is 5.41 Å². The summed E-state index contributed by atoms with van der Waals surface area (Å²) in [5.41, 5.74) is 1.72. The van der Waals surface area contributed by atoms with Crippen LogP contribution in [0.1, 0.15) is 70.3 Å². The molecule has 0 aliphatic heterocycles. The summed E-state index contributed by atoms with van der Waals surface area (Å²) < 4.78 is 5.49. The number of amides is 1. The Morgan fingerprint density at radius 3 is 2.15 bits per heavy atom. The fourth-order valence-electron chi connectivity index (χ4n) is 5.97. The molecule has 146 valence electrons. The third kappa shape index (κ3) is 3.76. The van der Waals surface area contributed by atoms with Gasteiger partial charge in [0, 0.05) is 5.69 Å². The maximum absolute atomic E-state index is 12.8. The molecule has 0 unspecified atom stereocenters. The number of hydrogen-bond donors (Lipinski definition) is 1. The maximum Gasteiger partial charge on any atom is 0.312 e. The van der Waals surface area contributed by atoms with Crippen molar-refractivity contribution >= 4 is 17.6 Å². The molecule has 4 bridgehead atoms. The van der Waals surface area contributed by atoms with Crippen LogP contribution in [0.4, 0.5) is 5.69 Å². The quantitative estimate of drug-likeness (QED) is 0.726. The Bertz CT molecular complexity index is 674. The number of hydrogen-bond acceptors (Lipinski definition) is 3. The average molecular weight is 370 g/mol. The van der Waals surface area contributed by atoms with E-state index in [2.05, 4.69) is 19.2 Å². The van der Waals surface area contributed by atoms with Crippen molar-refractivity contribution in [2.75, 3.05) is 11.9 Å². The fraction of sp³-hybridized carbons (Fsp3) is 0.652. The second-order valence-electron chi connectivity index (χ2n) is 9.25. The number of benzene rings is 1. The lowest BCUT2D eigenvalue weighted by molar-refractivity contribution is -0.172. The van der Waals surface area contributed by atoms with Crippen molar-refractivity contribution in [3.05, 3.63) is 29.8 Å². The monoisotopic (exact) mass is 369 g/mol. The van der Waals surface area contributed by atoms with Gasteiger partial charge in [-0.05, 0) is 86.3 Å². The Balaban J connectivity index is 1.30. The van der Waals surface area contributed by atoms with Crippen LogP contribution in [0.2, 0.25) is 0 Å². The van der Waals surface area contributed by atoms with Gasteiger partial charge >= 0.3 is 5.97 Å².